The van der Waals surface area contributed by atoms with E-state index in [0.29, 0.717) is 12.1 Å². The highest BCUT2D eigenvalue weighted by Crippen LogP contribution is 2.03. The molecular weight excluding hydrogens is 174 g/mol. The van der Waals surface area contributed by atoms with Gasteiger partial charge in [-0.2, -0.15) is 0 Å². The summed E-state index contributed by atoms with van der Waals surface area (Å²) in [6.45, 7) is 3.37. The van der Waals surface area contributed by atoms with Crippen LogP contribution in [0.1, 0.15) is 5.56 Å². The summed E-state index contributed by atoms with van der Waals surface area (Å²) in [6, 6.07) is 9.77. The van der Waals surface area contributed by atoms with Gasteiger partial charge in [0.25, 0.3) is 0 Å². The Labute approximate surface area is 83.7 Å². The average Bonchev–Trinajstić information content (AvgIpc) is 2.19. The van der Waals surface area contributed by atoms with Crippen molar-refractivity contribution in [2.45, 2.75) is 6.42 Å². The van der Waals surface area contributed by atoms with Gasteiger partial charge in [-0.25, -0.2) is 0 Å². The molecule has 0 unspecified atom stereocenters. The van der Waals surface area contributed by atoms with Gasteiger partial charge in [-0.05, 0) is 11.6 Å². The zero-order valence-electron chi connectivity index (χ0n) is 7.94. The third-order valence-electron chi connectivity index (χ3n) is 1.78. The Balaban J connectivity index is 2.66. The van der Waals surface area contributed by atoms with E-state index in [2.05, 4.69) is 6.58 Å². The molecule has 2 heteroatoms. The summed E-state index contributed by atoms with van der Waals surface area (Å²) in [5, 5.41) is 0. The second-order valence-electron chi connectivity index (χ2n) is 2.99. The third-order valence-corrected chi connectivity index (χ3v) is 1.78. The zero-order valence-corrected chi connectivity index (χ0v) is 7.94. The van der Waals surface area contributed by atoms with Crippen LogP contribution in [-0.4, -0.2) is 5.78 Å². The number of allylic oxidation sites excluding steroid dienone is 3. The molecule has 1 aromatic rings. The van der Waals surface area contributed by atoms with Crippen LogP contribution in [0.25, 0.3) is 0 Å². The van der Waals surface area contributed by atoms with Crippen LogP contribution in [0.15, 0.2) is 54.8 Å². The second-order valence-corrected chi connectivity index (χ2v) is 2.99. The smallest absolute Gasteiger partial charge is 0.179 e. The first-order chi connectivity index (χ1) is 6.72. The Kier molecular flexibility index (Phi) is 3.68. The lowest BCUT2D eigenvalue weighted by atomic mass is 10.1. The number of carbonyl (C=O) groups excluding carboxylic acids is 1. The summed E-state index contributed by atoms with van der Waals surface area (Å²) in [6.07, 6.45) is 3.25. The van der Waals surface area contributed by atoms with Crippen LogP contribution in [0.3, 0.4) is 0 Å². The number of hydrogen-bond acceptors (Lipinski definition) is 2. The van der Waals surface area contributed by atoms with E-state index < -0.39 is 0 Å². The minimum absolute atomic E-state index is 0.154. The number of nitrogens with two attached hydrogens (primary N) is 1. The van der Waals surface area contributed by atoms with E-state index in [1.165, 1.54) is 12.2 Å². The van der Waals surface area contributed by atoms with Gasteiger partial charge in [-0.3, -0.25) is 4.79 Å². The summed E-state index contributed by atoms with van der Waals surface area (Å²) >= 11 is 0. The van der Waals surface area contributed by atoms with Crippen LogP contribution in [-0.2, 0) is 11.2 Å². The fourth-order valence-electron chi connectivity index (χ4n) is 1.12. The first kappa shape index (κ1) is 10.3. The molecule has 0 aliphatic carbocycles. The Morgan fingerprint density at radius 2 is 2.00 bits per heavy atom. The Morgan fingerprint density at radius 3 is 2.57 bits per heavy atom. The van der Waals surface area contributed by atoms with E-state index in [1.54, 1.807) is 0 Å². The van der Waals surface area contributed by atoms with Gasteiger partial charge in [0.1, 0.15) is 0 Å². The molecule has 0 aromatic heterocycles. The number of rotatable bonds is 4. The Bertz CT molecular complexity index is 352. The van der Waals surface area contributed by atoms with Crippen LogP contribution >= 0.6 is 0 Å². The molecule has 72 valence electrons. The molecule has 2 N–H and O–H groups in total. The lowest BCUT2D eigenvalue weighted by molar-refractivity contribution is -0.110. The number of carbonyl (C=O) groups is 1. The molecule has 0 saturated heterocycles. The summed E-state index contributed by atoms with van der Waals surface area (Å²) in [5.41, 5.74) is 7.33. The van der Waals surface area contributed by atoms with E-state index in [9.17, 15) is 4.79 Å². The molecule has 1 rings (SSSR count). The number of hydrogen-bond donors (Lipinski definition) is 1. The average molecular weight is 187 g/mol. The highest BCUT2D eigenvalue weighted by atomic mass is 16.1. The number of ketones is 1. The molecule has 0 radical (unpaired) electrons. The quantitative estimate of drug-likeness (QED) is 0.731. The maximum atomic E-state index is 10.9. The maximum Gasteiger partial charge on any atom is 0.179 e. The van der Waals surface area contributed by atoms with Gasteiger partial charge in [-0.1, -0.05) is 36.9 Å². The van der Waals surface area contributed by atoms with Gasteiger partial charge in [0, 0.05) is 18.2 Å². The molecule has 14 heavy (non-hydrogen) atoms. The van der Waals surface area contributed by atoms with Crippen molar-refractivity contribution in [1.29, 1.82) is 0 Å². The van der Waals surface area contributed by atoms with Crippen molar-refractivity contribution >= 4 is 5.78 Å². The van der Waals surface area contributed by atoms with E-state index in [1.807, 2.05) is 30.3 Å². The van der Waals surface area contributed by atoms with Gasteiger partial charge in [0.2, 0.25) is 0 Å². The molecule has 0 saturated carbocycles. The van der Waals surface area contributed by atoms with Crippen LogP contribution in [0.4, 0.5) is 0 Å². The van der Waals surface area contributed by atoms with Gasteiger partial charge < -0.3 is 5.73 Å². The molecule has 2 nitrogen and oxygen atoms in total. The van der Waals surface area contributed by atoms with Crippen LogP contribution in [0.2, 0.25) is 0 Å². The first-order valence-electron chi connectivity index (χ1n) is 4.38. The van der Waals surface area contributed by atoms with Gasteiger partial charge in [-0.15, -0.1) is 0 Å². The van der Waals surface area contributed by atoms with Crippen molar-refractivity contribution < 1.29 is 4.79 Å². The van der Waals surface area contributed by atoms with Crippen LogP contribution in [0.5, 0.6) is 0 Å². The SMILES string of the molecule is C=CC(=O)/C=C(\N)Cc1ccccc1. The Morgan fingerprint density at radius 1 is 1.36 bits per heavy atom. The van der Waals surface area contributed by atoms with Crippen molar-refractivity contribution in [3.8, 4) is 0 Å². The fraction of sp³-hybridized carbons (Fsp3) is 0.0833. The van der Waals surface area contributed by atoms with Crippen molar-refractivity contribution in [3.05, 3.63) is 60.3 Å². The summed E-state index contributed by atoms with van der Waals surface area (Å²) < 4.78 is 0. The summed E-state index contributed by atoms with van der Waals surface area (Å²) in [4.78, 5) is 10.9. The van der Waals surface area contributed by atoms with E-state index >= 15 is 0 Å². The molecular formula is C12H13NO. The fourth-order valence-corrected chi connectivity index (χ4v) is 1.12. The van der Waals surface area contributed by atoms with Crippen molar-refractivity contribution in [2.24, 2.45) is 5.73 Å². The van der Waals surface area contributed by atoms with Crippen LogP contribution < -0.4 is 5.73 Å². The van der Waals surface area contributed by atoms with Crippen molar-refractivity contribution in [3.63, 3.8) is 0 Å². The third kappa shape index (κ3) is 3.27. The molecule has 0 fully saturated rings. The second kappa shape index (κ2) is 5.02. The van der Waals surface area contributed by atoms with Crippen LogP contribution in [0, 0.1) is 0 Å². The minimum atomic E-state index is -0.154. The molecule has 0 atom stereocenters. The molecule has 1 aromatic carbocycles. The lowest BCUT2D eigenvalue weighted by Crippen LogP contribution is -2.03. The lowest BCUT2D eigenvalue weighted by Gasteiger charge is -2.00. The van der Waals surface area contributed by atoms with E-state index in [4.69, 9.17) is 5.73 Å². The molecule has 0 spiro atoms. The maximum absolute atomic E-state index is 10.9. The monoisotopic (exact) mass is 187 g/mol. The van der Waals surface area contributed by atoms with Crippen molar-refractivity contribution in [1.82, 2.24) is 0 Å². The molecule has 0 heterocycles. The molecule has 0 amide bonds. The summed E-state index contributed by atoms with van der Waals surface area (Å²) in [5.74, 6) is -0.154. The Hall–Kier alpha value is -1.83. The highest BCUT2D eigenvalue weighted by Gasteiger charge is 1.96. The topological polar surface area (TPSA) is 43.1 Å². The molecule has 0 aliphatic heterocycles. The normalized spacial score (nSPS) is 11.0. The van der Waals surface area contributed by atoms with Gasteiger partial charge >= 0.3 is 0 Å². The number of benzene rings is 1. The van der Waals surface area contributed by atoms with E-state index in [0.717, 1.165) is 5.56 Å². The van der Waals surface area contributed by atoms with E-state index in [-0.39, 0.29) is 5.78 Å². The van der Waals surface area contributed by atoms with Gasteiger partial charge in [0.15, 0.2) is 5.78 Å². The largest absolute Gasteiger partial charge is 0.402 e. The molecule has 0 aliphatic rings. The first-order valence-corrected chi connectivity index (χ1v) is 4.38. The summed E-state index contributed by atoms with van der Waals surface area (Å²) in [7, 11) is 0. The zero-order chi connectivity index (χ0) is 10.4. The highest BCUT2D eigenvalue weighted by molar-refractivity contribution is 5.99. The standard InChI is InChI=1S/C12H13NO/c1-2-12(14)9-11(13)8-10-6-4-3-5-7-10/h2-7,9H,1,8,13H2/b11-9-. The van der Waals surface area contributed by atoms with Gasteiger partial charge in [0.05, 0.1) is 0 Å². The predicted molar refractivity (Wildman–Crippen MR) is 57.6 cm³/mol. The predicted octanol–water partition coefficient (Wildman–Crippen LogP) is 1.83. The minimum Gasteiger partial charge on any atom is -0.402 e. The molecule has 0 bridgehead atoms. The van der Waals surface area contributed by atoms with Crippen molar-refractivity contribution in [2.75, 3.05) is 0 Å².